The van der Waals surface area contributed by atoms with E-state index in [1.54, 1.807) is 24.7 Å². The van der Waals surface area contributed by atoms with Crippen LogP contribution in [0.5, 0.6) is 0 Å². The second-order valence-corrected chi connectivity index (χ2v) is 7.80. The first-order valence-electron chi connectivity index (χ1n) is 7.32. The summed E-state index contributed by atoms with van der Waals surface area (Å²) < 4.78 is 2.52. The maximum absolute atomic E-state index is 12.8. The maximum Gasteiger partial charge on any atom is 0.262 e. The van der Waals surface area contributed by atoms with Gasteiger partial charge in [-0.25, -0.2) is 4.98 Å². The van der Waals surface area contributed by atoms with E-state index in [1.807, 2.05) is 12.1 Å². The SMILES string of the molecule is CC(C)Cn1c(SCC(=O)N(C)C)nc2ccc(Br)cc2c1=O. The highest BCUT2D eigenvalue weighted by Gasteiger charge is 2.15. The molecule has 124 valence electrons. The Morgan fingerprint density at radius 1 is 1.39 bits per heavy atom. The van der Waals surface area contributed by atoms with E-state index in [4.69, 9.17) is 0 Å². The molecule has 5 nitrogen and oxygen atoms in total. The zero-order valence-electron chi connectivity index (χ0n) is 13.7. The van der Waals surface area contributed by atoms with Gasteiger partial charge in [-0.1, -0.05) is 41.5 Å². The molecule has 7 heteroatoms. The smallest absolute Gasteiger partial charge is 0.262 e. The van der Waals surface area contributed by atoms with Gasteiger partial charge in [0.15, 0.2) is 5.16 Å². The number of carbonyl (C=O) groups is 1. The Kier molecular flexibility index (Phi) is 5.86. The summed E-state index contributed by atoms with van der Waals surface area (Å²) in [7, 11) is 3.44. The van der Waals surface area contributed by atoms with E-state index in [0.29, 0.717) is 28.5 Å². The summed E-state index contributed by atoms with van der Waals surface area (Å²) in [6.45, 7) is 4.68. The van der Waals surface area contributed by atoms with E-state index < -0.39 is 0 Å². The van der Waals surface area contributed by atoms with Crippen LogP contribution < -0.4 is 5.56 Å². The highest BCUT2D eigenvalue weighted by molar-refractivity contribution is 9.10. The van der Waals surface area contributed by atoms with Gasteiger partial charge in [-0.2, -0.15) is 0 Å². The van der Waals surface area contributed by atoms with Gasteiger partial charge in [0.2, 0.25) is 5.91 Å². The van der Waals surface area contributed by atoms with Crippen molar-refractivity contribution < 1.29 is 4.79 Å². The third-order valence-corrected chi connectivity index (χ3v) is 4.71. The number of rotatable bonds is 5. The van der Waals surface area contributed by atoms with E-state index in [2.05, 4.69) is 34.8 Å². The largest absolute Gasteiger partial charge is 0.348 e. The predicted octanol–water partition coefficient (Wildman–Crippen LogP) is 3.00. The van der Waals surface area contributed by atoms with Crippen LogP contribution in [0.3, 0.4) is 0 Å². The van der Waals surface area contributed by atoms with E-state index in [-0.39, 0.29) is 17.2 Å². The number of aromatic nitrogens is 2. The van der Waals surface area contributed by atoms with Crippen LogP contribution in [0.1, 0.15) is 13.8 Å². The zero-order chi connectivity index (χ0) is 17.1. The van der Waals surface area contributed by atoms with Gasteiger partial charge in [0.1, 0.15) is 0 Å². The monoisotopic (exact) mass is 397 g/mol. The summed E-state index contributed by atoms with van der Waals surface area (Å²) in [4.78, 5) is 30.8. The van der Waals surface area contributed by atoms with Gasteiger partial charge in [0, 0.05) is 25.1 Å². The Morgan fingerprint density at radius 2 is 2.09 bits per heavy atom. The van der Waals surface area contributed by atoms with Gasteiger partial charge in [-0.15, -0.1) is 0 Å². The van der Waals surface area contributed by atoms with E-state index in [9.17, 15) is 9.59 Å². The number of hydrogen-bond donors (Lipinski definition) is 0. The lowest BCUT2D eigenvalue weighted by atomic mass is 10.2. The molecule has 2 aromatic rings. The molecule has 0 fully saturated rings. The van der Waals surface area contributed by atoms with Crippen LogP contribution in [0.4, 0.5) is 0 Å². The molecule has 1 amide bonds. The summed E-state index contributed by atoms with van der Waals surface area (Å²) in [5.41, 5.74) is 0.586. The van der Waals surface area contributed by atoms with Gasteiger partial charge in [0.05, 0.1) is 16.7 Å². The normalized spacial score (nSPS) is 11.2. The first-order chi connectivity index (χ1) is 10.8. The number of hydrogen-bond acceptors (Lipinski definition) is 4. The second kappa shape index (κ2) is 7.49. The van der Waals surface area contributed by atoms with Crippen LogP contribution in [0.25, 0.3) is 10.9 Å². The highest BCUT2D eigenvalue weighted by atomic mass is 79.9. The number of fused-ring (bicyclic) bond motifs is 1. The molecule has 1 heterocycles. The Labute approximate surface area is 148 Å². The van der Waals surface area contributed by atoms with E-state index in [0.717, 1.165) is 4.47 Å². The summed E-state index contributed by atoms with van der Waals surface area (Å²) >= 11 is 4.70. The highest BCUT2D eigenvalue weighted by Crippen LogP contribution is 2.21. The van der Waals surface area contributed by atoms with Crippen molar-refractivity contribution in [2.75, 3.05) is 19.8 Å². The number of thioether (sulfide) groups is 1. The molecule has 0 saturated carbocycles. The van der Waals surface area contributed by atoms with Crippen LogP contribution in [0, 0.1) is 5.92 Å². The lowest BCUT2D eigenvalue weighted by Crippen LogP contribution is -2.27. The molecular weight excluding hydrogens is 378 g/mol. The molecule has 1 aromatic heterocycles. The Balaban J connectivity index is 2.50. The zero-order valence-corrected chi connectivity index (χ0v) is 16.1. The van der Waals surface area contributed by atoms with Crippen molar-refractivity contribution in [1.82, 2.24) is 14.5 Å². The molecule has 0 saturated heterocycles. The summed E-state index contributed by atoms with van der Waals surface area (Å²) in [6.07, 6.45) is 0. The molecule has 0 aliphatic heterocycles. The molecule has 0 unspecified atom stereocenters. The first-order valence-corrected chi connectivity index (χ1v) is 9.10. The standard InChI is InChI=1S/C16H20BrN3O2S/c1-10(2)8-20-15(22)12-7-11(17)5-6-13(12)18-16(20)23-9-14(21)19(3)4/h5-7,10H,8-9H2,1-4H3. The van der Waals surface area contributed by atoms with Crippen LogP contribution in [0.2, 0.25) is 0 Å². The van der Waals surface area contributed by atoms with Crippen LogP contribution in [0.15, 0.2) is 32.6 Å². The molecule has 0 spiro atoms. The fraction of sp³-hybridized carbons (Fsp3) is 0.438. The lowest BCUT2D eigenvalue weighted by Gasteiger charge is -2.16. The molecule has 0 radical (unpaired) electrons. The minimum Gasteiger partial charge on any atom is -0.348 e. The lowest BCUT2D eigenvalue weighted by molar-refractivity contribution is -0.125. The fourth-order valence-electron chi connectivity index (χ4n) is 2.06. The van der Waals surface area contributed by atoms with E-state index >= 15 is 0 Å². The molecule has 0 aliphatic carbocycles. The molecule has 0 N–H and O–H groups in total. The fourth-order valence-corrected chi connectivity index (χ4v) is 3.41. The predicted molar refractivity (Wildman–Crippen MR) is 98.0 cm³/mol. The van der Waals surface area contributed by atoms with Crippen molar-refractivity contribution in [2.24, 2.45) is 5.92 Å². The van der Waals surface area contributed by atoms with Gasteiger partial charge >= 0.3 is 0 Å². The maximum atomic E-state index is 12.8. The topological polar surface area (TPSA) is 55.2 Å². The molecule has 1 aromatic carbocycles. The summed E-state index contributed by atoms with van der Waals surface area (Å²) in [5, 5.41) is 1.18. The van der Waals surface area contributed by atoms with Crippen molar-refractivity contribution in [3.05, 3.63) is 33.0 Å². The number of carbonyl (C=O) groups excluding carboxylic acids is 1. The first kappa shape index (κ1) is 18.0. The molecular formula is C16H20BrN3O2S. The number of nitrogens with zero attached hydrogens (tertiary/aromatic N) is 3. The number of halogens is 1. The second-order valence-electron chi connectivity index (χ2n) is 5.94. The number of benzene rings is 1. The van der Waals surface area contributed by atoms with E-state index in [1.165, 1.54) is 16.7 Å². The van der Waals surface area contributed by atoms with Crippen molar-refractivity contribution in [1.29, 1.82) is 0 Å². The van der Waals surface area contributed by atoms with Gasteiger partial charge in [0.25, 0.3) is 5.56 Å². The summed E-state index contributed by atoms with van der Waals surface area (Å²) in [5.74, 6) is 0.568. The van der Waals surface area contributed by atoms with Crippen molar-refractivity contribution >= 4 is 44.5 Å². The minimum atomic E-state index is -0.0650. The van der Waals surface area contributed by atoms with Crippen molar-refractivity contribution in [2.45, 2.75) is 25.5 Å². The number of amides is 1. The molecule has 0 aliphatic rings. The molecule has 2 rings (SSSR count). The van der Waals surface area contributed by atoms with Crippen molar-refractivity contribution in [3.8, 4) is 0 Å². The quantitative estimate of drug-likeness (QED) is 0.574. The average Bonchev–Trinajstić information content (AvgIpc) is 2.48. The van der Waals surface area contributed by atoms with Crippen LogP contribution >= 0.6 is 27.7 Å². The van der Waals surface area contributed by atoms with Gasteiger partial charge < -0.3 is 4.90 Å². The van der Waals surface area contributed by atoms with Crippen LogP contribution in [-0.4, -0.2) is 40.2 Å². The molecule has 0 atom stereocenters. The van der Waals surface area contributed by atoms with Gasteiger partial charge in [-0.05, 0) is 24.1 Å². The summed E-state index contributed by atoms with van der Waals surface area (Å²) in [6, 6.07) is 5.47. The minimum absolute atomic E-state index is 0.00347. The van der Waals surface area contributed by atoms with Crippen LogP contribution in [-0.2, 0) is 11.3 Å². The molecule has 0 bridgehead atoms. The Hall–Kier alpha value is -1.34. The third-order valence-electron chi connectivity index (χ3n) is 3.25. The average molecular weight is 398 g/mol. The Bertz CT molecular complexity index is 787. The Morgan fingerprint density at radius 3 is 2.70 bits per heavy atom. The molecule has 23 heavy (non-hydrogen) atoms. The van der Waals surface area contributed by atoms with Crippen molar-refractivity contribution in [3.63, 3.8) is 0 Å². The third kappa shape index (κ3) is 4.35. The van der Waals surface area contributed by atoms with Gasteiger partial charge in [-0.3, -0.25) is 14.2 Å².